The molecule has 0 unspecified atom stereocenters. The number of amides is 1. The van der Waals surface area contributed by atoms with Gasteiger partial charge in [0.15, 0.2) is 0 Å². The van der Waals surface area contributed by atoms with E-state index in [1.54, 1.807) is 29.4 Å². The van der Waals surface area contributed by atoms with Gasteiger partial charge in [-0.05, 0) is 36.8 Å². The fourth-order valence-corrected chi connectivity index (χ4v) is 3.12. The maximum absolute atomic E-state index is 12.9. The van der Waals surface area contributed by atoms with Crippen LogP contribution in [-0.2, 0) is 6.18 Å². The molecular formula is C19H17F3N4O. The first kappa shape index (κ1) is 18.7. The number of carbonyl (C=O) groups excluding carboxylic acids is 1. The number of benzene rings is 1. The molecule has 1 aliphatic heterocycles. The van der Waals surface area contributed by atoms with E-state index < -0.39 is 11.7 Å². The molecule has 2 aromatic rings. The van der Waals surface area contributed by atoms with Crippen LogP contribution in [0.1, 0.15) is 27.9 Å². The number of carbonyl (C=O) groups is 1. The van der Waals surface area contributed by atoms with Crippen LogP contribution >= 0.6 is 0 Å². The molecular weight excluding hydrogens is 357 g/mol. The maximum Gasteiger partial charge on any atom is 0.416 e. The molecule has 0 N–H and O–H groups in total. The first-order chi connectivity index (χ1) is 12.9. The molecule has 1 aliphatic rings. The standard InChI is InChI=1S/C19H17F3N4O/c20-19(21,22)16-2-3-17(15(12-16)13-23)25-8-1-9-26(11-10-25)18(27)14-4-6-24-7-5-14/h2-7,12H,1,8-11H2. The first-order valence-corrected chi connectivity index (χ1v) is 8.46. The molecule has 0 radical (unpaired) electrons. The molecule has 1 saturated heterocycles. The van der Waals surface area contributed by atoms with Crippen molar-refractivity contribution >= 4 is 11.6 Å². The van der Waals surface area contributed by atoms with Crippen LogP contribution in [-0.4, -0.2) is 42.0 Å². The average molecular weight is 374 g/mol. The molecule has 0 spiro atoms. The van der Waals surface area contributed by atoms with Gasteiger partial charge in [-0.15, -0.1) is 0 Å². The van der Waals surface area contributed by atoms with E-state index >= 15 is 0 Å². The van der Waals surface area contributed by atoms with Gasteiger partial charge in [0, 0.05) is 44.1 Å². The van der Waals surface area contributed by atoms with Gasteiger partial charge in [0.25, 0.3) is 5.91 Å². The van der Waals surface area contributed by atoms with Crippen molar-refractivity contribution in [1.29, 1.82) is 5.26 Å². The Balaban J connectivity index is 1.77. The van der Waals surface area contributed by atoms with E-state index in [2.05, 4.69) is 4.98 Å². The lowest BCUT2D eigenvalue weighted by Gasteiger charge is -2.25. The van der Waals surface area contributed by atoms with E-state index in [0.717, 1.165) is 12.1 Å². The van der Waals surface area contributed by atoms with Crippen LogP contribution in [0, 0.1) is 11.3 Å². The van der Waals surface area contributed by atoms with Crippen molar-refractivity contribution in [3.63, 3.8) is 0 Å². The number of hydrogen-bond acceptors (Lipinski definition) is 4. The quantitative estimate of drug-likeness (QED) is 0.809. The largest absolute Gasteiger partial charge is 0.416 e. The molecule has 1 fully saturated rings. The molecule has 140 valence electrons. The highest BCUT2D eigenvalue weighted by molar-refractivity contribution is 5.94. The molecule has 1 aromatic carbocycles. The van der Waals surface area contributed by atoms with Gasteiger partial charge in [0.05, 0.1) is 16.8 Å². The Hall–Kier alpha value is -3.08. The van der Waals surface area contributed by atoms with E-state index in [4.69, 9.17) is 0 Å². The molecule has 1 aromatic heterocycles. The number of halogens is 3. The zero-order valence-corrected chi connectivity index (χ0v) is 14.4. The van der Waals surface area contributed by atoms with Gasteiger partial charge in [-0.2, -0.15) is 18.4 Å². The normalized spacial score (nSPS) is 15.2. The lowest BCUT2D eigenvalue weighted by molar-refractivity contribution is -0.137. The van der Waals surface area contributed by atoms with Crippen molar-refractivity contribution in [2.24, 2.45) is 0 Å². The van der Waals surface area contributed by atoms with Crippen LogP contribution in [0.3, 0.4) is 0 Å². The molecule has 5 nitrogen and oxygen atoms in total. The van der Waals surface area contributed by atoms with Crippen molar-refractivity contribution < 1.29 is 18.0 Å². The minimum Gasteiger partial charge on any atom is -0.369 e. The third kappa shape index (κ3) is 4.19. The zero-order valence-electron chi connectivity index (χ0n) is 14.4. The number of alkyl halides is 3. The zero-order chi connectivity index (χ0) is 19.4. The Kier molecular flexibility index (Phi) is 5.31. The summed E-state index contributed by atoms with van der Waals surface area (Å²) in [5.41, 5.74) is 0.153. The van der Waals surface area contributed by atoms with Crippen molar-refractivity contribution in [3.8, 4) is 6.07 Å². The summed E-state index contributed by atoms with van der Waals surface area (Å²) in [4.78, 5) is 20.0. The highest BCUT2D eigenvalue weighted by Crippen LogP contribution is 2.33. The molecule has 1 amide bonds. The van der Waals surface area contributed by atoms with Gasteiger partial charge >= 0.3 is 6.18 Å². The van der Waals surface area contributed by atoms with E-state index in [1.807, 2.05) is 11.0 Å². The molecule has 3 rings (SSSR count). The second kappa shape index (κ2) is 7.66. The molecule has 8 heteroatoms. The summed E-state index contributed by atoms with van der Waals surface area (Å²) < 4.78 is 38.6. The fraction of sp³-hybridized carbons (Fsp3) is 0.316. The Labute approximate surface area is 154 Å². The smallest absolute Gasteiger partial charge is 0.369 e. The monoisotopic (exact) mass is 374 g/mol. The Morgan fingerprint density at radius 1 is 1.07 bits per heavy atom. The summed E-state index contributed by atoms with van der Waals surface area (Å²) in [7, 11) is 0. The molecule has 0 saturated carbocycles. The van der Waals surface area contributed by atoms with Gasteiger partial charge < -0.3 is 9.80 Å². The average Bonchev–Trinajstić information content (AvgIpc) is 2.93. The summed E-state index contributed by atoms with van der Waals surface area (Å²) in [6, 6.07) is 8.35. The lowest BCUT2D eigenvalue weighted by Crippen LogP contribution is -2.35. The summed E-state index contributed by atoms with van der Waals surface area (Å²) in [5, 5.41) is 9.28. The summed E-state index contributed by atoms with van der Waals surface area (Å²) in [5.74, 6) is -0.104. The van der Waals surface area contributed by atoms with Crippen LogP contribution in [0.5, 0.6) is 0 Å². The van der Waals surface area contributed by atoms with Gasteiger partial charge in [-0.1, -0.05) is 0 Å². The molecule has 0 atom stereocenters. The SMILES string of the molecule is N#Cc1cc(C(F)(F)F)ccc1N1CCCN(C(=O)c2ccncc2)CC1. The summed E-state index contributed by atoms with van der Waals surface area (Å²) in [6.07, 6.45) is -0.725. The highest BCUT2D eigenvalue weighted by atomic mass is 19.4. The Morgan fingerprint density at radius 2 is 1.81 bits per heavy atom. The second-order valence-corrected chi connectivity index (χ2v) is 6.21. The van der Waals surface area contributed by atoms with Crippen LogP contribution in [0.2, 0.25) is 0 Å². The van der Waals surface area contributed by atoms with E-state index in [-0.39, 0.29) is 11.5 Å². The summed E-state index contributed by atoms with van der Waals surface area (Å²) >= 11 is 0. The van der Waals surface area contributed by atoms with Gasteiger partial charge in [0.1, 0.15) is 6.07 Å². The van der Waals surface area contributed by atoms with Crippen LogP contribution < -0.4 is 4.90 Å². The van der Waals surface area contributed by atoms with E-state index in [1.165, 1.54) is 6.07 Å². The number of rotatable bonds is 2. The number of hydrogen-bond donors (Lipinski definition) is 0. The predicted octanol–water partition coefficient (Wildman–Crippen LogP) is 3.32. The molecule has 2 heterocycles. The number of nitrogens with zero attached hydrogens (tertiary/aromatic N) is 4. The van der Waals surface area contributed by atoms with Gasteiger partial charge in [-0.3, -0.25) is 9.78 Å². The third-order valence-corrected chi connectivity index (χ3v) is 4.50. The second-order valence-electron chi connectivity index (χ2n) is 6.21. The highest BCUT2D eigenvalue weighted by Gasteiger charge is 2.31. The van der Waals surface area contributed by atoms with Crippen LogP contribution in [0.25, 0.3) is 0 Å². The molecule has 0 aliphatic carbocycles. The minimum absolute atomic E-state index is 0.0151. The minimum atomic E-state index is -4.49. The van der Waals surface area contributed by atoms with Crippen molar-refractivity contribution in [2.75, 3.05) is 31.1 Å². The fourth-order valence-electron chi connectivity index (χ4n) is 3.12. The summed E-state index contributed by atoms with van der Waals surface area (Å²) in [6.45, 7) is 1.96. The number of nitriles is 1. The van der Waals surface area contributed by atoms with Crippen molar-refractivity contribution in [1.82, 2.24) is 9.88 Å². The van der Waals surface area contributed by atoms with Gasteiger partial charge in [0.2, 0.25) is 0 Å². The van der Waals surface area contributed by atoms with Crippen molar-refractivity contribution in [3.05, 3.63) is 59.4 Å². The maximum atomic E-state index is 12.9. The third-order valence-electron chi connectivity index (χ3n) is 4.50. The molecule has 0 bridgehead atoms. The Morgan fingerprint density at radius 3 is 2.48 bits per heavy atom. The Bertz CT molecular complexity index is 861. The van der Waals surface area contributed by atoms with Crippen LogP contribution in [0.15, 0.2) is 42.7 Å². The first-order valence-electron chi connectivity index (χ1n) is 8.46. The van der Waals surface area contributed by atoms with E-state index in [0.29, 0.717) is 43.9 Å². The number of anilines is 1. The predicted molar refractivity (Wildman–Crippen MR) is 93.1 cm³/mol. The number of aromatic nitrogens is 1. The lowest BCUT2D eigenvalue weighted by atomic mass is 10.1. The number of pyridine rings is 1. The van der Waals surface area contributed by atoms with E-state index in [9.17, 15) is 23.2 Å². The topological polar surface area (TPSA) is 60.2 Å². The van der Waals surface area contributed by atoms with Crippen molar-refractivity contribution in [2.45, 2.75) is 12.6 Å². The molecule has 27 heavy (non-hydrogen) atoms. The van der Waals surface area contributed by atoms with Crippen LogP contribution in [0.4, 0.5) is 18.9 Å². The van der Waals surface area contributed by atoms with Gasteiger partial charge in [-0.25, -0.2) is 0 Å².